The van der Waals surface area contributed by atoms with E-state index in [1.807, 2.05) is 0 Å². The lowest BCUT2D eigenvalue weighted by Gasteiger charge is -2.25. The first-order chi connectivity index (χ1) is 11.8. The van der Waals surface area contributed by atoms with Crippen LogP contribution < -0.4 is 5.32 Å². The Morgan fingerprint density at radius 1 is 1.28 bits per heavy atom. The first-order valence-corrected chi connectivity index (χ1v) is 9.42. The van der Waals surface area contributed by atoms with Gasteiger partial charge in [-0.05, 0) is 31.7 Å². The summed E-state index contributed by atoms with van der Waals surface area (Å²) in [6, 6.07) is 10.8. The fraction of sp³-hybridized carbons (Fsp3) is 0.650. The van der Waals surface area contributed by atoms with Gasteiger partial charge in [0.15, 0.2) is 5.96 Å². The van der Waals surface area contributed by atoms with Crippen molar-refractivity contribution >= 4 is 29.9 Å². The van der Waals surface area contributed by atoms with Crippen LogP contribution in [0.5, 0.6) is 0 Å². The van der Waals surface area contributed by atoms with E-state index < -0.39 is 0 Å². The van der Waals surface area contributed by atoms with E-state index in [0.717, 1.165) is 51.8 Å². The maximum absolute atomic E-state index is 5.66. The number of rotatable bonds is 5. The van der Waals surface area contributed by atoms with Gasteiger partial charge in [-0.25, -0.2) is 0 Å². The van der Waals surface area contributed by atoms with Crippen molar-refractivity contribution in [3.63, 3.8) is 0 Å². The third kappa shape index (κ3) is 5.09. The molecule has 2 heterocycles. The quantitative estimate of drug-likeness (QED) is 0.414. The normalized spacial score (nSPS) is 24.4. The van der Waals surface area contributed by atoms with Gasteiger partial charge in [0.05, 0.1) is 6.61 Å². The summed E-state index contributed by atoms with van der Waals surface area (Å²) in [7, 11) is 0. The van der Waals surface area contributed by atoms with Crippen molar-refractivity contribution in [3.8, 4) is 0 Å². The van der Waals surface area contributed by atoms with Crippen LogP contribution in [-0.4, -0.2) is 50.3 Å². The summed E-state index contributed by atoms with van der Waals surface area (Å²) in [6.45, 7) is 10.2. The predicted octanol–water partition coefficient (Wildman–Crippen LogP) is 3.88. The van der Waals surface area contributed by atoms with Gasteiger partial charge < -0.3 is 15.0 Å². The molecule has 1 aromatic carbocycles. The molecule has 2 fully saturated rings. The second-order valence-corrected chi connectivity index (χ2v) is 7.18. The minimum atomic E-state index is 0. The molecule has 0 aromatic heterocycles. The number of ether oxygens (including phenoxy) is 1. The highest BCUT2D eigenvalue weighted by Gasteiger charge is 2.42. The lowest BCUT2D eigenvalue weighted by Crippen LogP contribution is -2.41. The molecule has 0 saturated carbocycles. The maximum Gasteiger partial charge on any atom is 0.193 e. The maximum atomic E-state index is 5.66. The van der Waals surface area contributed by atoms with E-state index in [1.54, 1.807) is 0 Å². The number of halogens is 1. The third-order valence-electron chi connectivity index (χ3n) is 5.48. The topological polar surface area (TPSA) is 36.9 Å². The van der Waals surface area contributed by atoms with Crippen molar-refractivity contribution in [1.82, 2.24) is 10.2 Å². The van der Waals surface area contributed by atoms with Crippen LogP contribution in [0.2, 0.25) is 0 Å². The second kappa shape index (κ2) is 9.76. The largest absolute Gasteiger partial charge is 0.381 e. The molecule has 2 saturated heterocycles. The summed E-state index contributed by atoms with van der Waals surface area (Å²) in [5.74, 6) is 1.57. The number of guanidine groups is 1. The van der Waals surface area contributed by atoms with E-state index in [1.165, 1.54) is 18.4 Å². The molecular weight excluding hydrogens is 425 g/mol. The first-order valence-electron chi connectivity index (χ1n) is 9.42. The van der Waals surface area contributed by atoms with Gasteiger partial charge in [0.25, 0.3) is 0 Å². The van der Waals surface area contributed by atoms with E-state index in [4.69, 9.17) is 9.73 Å². The molecular formula is C20H32IN3O. The minimum Gasteiger partial charge on any atom is -0.381 e. The smallest absolute Gasteiger partial charge is 0.193 e. The third-order valence-corrected chi connectivity index (χ3v) is 5.48. The van der Waals surface area contributed by atoms with Gasteiger partial charge in [-0.1, -0.05) is 37.3 Å². The van der Waals surface area contributed by atoms with Crippen LogP contribution >= 0.6 is 24.0 Å². The molecule has 4 nitrogen and oxygen atoms in total. The molecule has 0 bridgehead atoms. The number of hydrogen-bond donors (Lipinski definition) is 1. The van der Waals surface area contributed by atoms with E-state index in [0.29, 0.717) is 11.3 Å². The molecule has 2 atom stereocenters. The lowest BCUT2D eigenvalue weighted by molar-refractivity contribution is 0.156. The van der Waals surface area contributed by atoms with Crippen LogP contribution in [0.15, 0.2) is 35.3 Å². The number of aliphatic imine (C=N–C) groups is 1. The Bertz CT molecular complexity index is 543. The van der Waals surface area contributed by atoms with Crippen LogP contribution in [-0.2, 0) is 4.74 Å². The van der Waals surface area contributed by atoms with Crippen molar-refractivity contribution in [3.05, 3.63) is 35.9 Å². The lowest BCUT2D eigenvalue weighted by atomic mass is 9.87. The van der Waals surface area contributed by atoms with Crippen molar-refractivity contribution < 1.29 is 4.74 Å². The highest BCUT2D eigenvalue weighted by Crippen LogP contribution is 2.38. The summed E-state index contributed by atoms with van der Waals surface area (Å²) in [4.78, 5) is 7.43. The number of nitrogens with zero attached hydrogens (tertiary/aromatic N) is 2. The zero-order chi connectivity index (χ0) is 16.8. The molecule has 1 spiro atoms. The molecule has 0 amide bonds. The van der Waals surface area contributed by atoms with Crippen molar-refractivity contribution in [2.45, 2.75) is 39.0 Å². The molecule has 2 unspecified atom stereocenters. The summed E-state index contributed by atoms with van der Waals surface area (Å²) in [5, 5.41) is 3.50. The molecule has 140 valence electrons. The van der Waals surface area contributed by atoms with Crippen LogP contribution in [0.3, 0.4) is 0 Å². The van der Waals surface area contributed by atoms with Crippen molar-refractivity contribution in [2.75, 3.05) is 39.4 Å². The molecule has 25 heavy (non-hydrogen) atoms. The molecule has 3 rings (SSSR count). The van der Waals surface area contributed by atoms with E-state index in [2.05, 4.69) is 54.4 Å². The zero-order valence-corrected chi connectivity index (χ0v) is 17.9. The molecule has 0 radical (unpaired) electrons. The zero-order valence-electron chi connectivity index (χ0n) is 15.5. The first kappa shape index (κ1) is 20.5. The SMILES string of the molecule is CCNC(=NCC(CC)c1ccccc1)N1CCC2(CCOC2)C1.I. The molecule has 1 aromatic rings. The Morgan fingerprint density at radius 3 is 2.72 bits per heavy atom. The number of hydrogen-bond acceptors (Lipinski definition) is 2. The predicted molar refractivity (Wildman–Crippen MR) is 115 cm³/mol. The Balaban J connectivity index is 0.00000225. The van der Waals surface area contributed by atoms with Crippen molar-refractivity contribution in [2.24, 2.45) is 10.4 Å². The Hall–Kier alpha value is -0.820. The van der Waals surface area contributed by atoms with Crippen LogP contribution in [0.25, 0.3) is 0 Å². The summed E-state index contributed by atoms with van der Waals surface area (Å²) in [5.41, 5.74) is 1.77. The van der Waals surface area contributed by atoms with E-state index >= 15 is 0 Å². The monoisotopic (exact) mass is 457 g/mol. The fourth-order valence-electron chi connectivity index (χ4n) is 3.91. The molecule has 2 aliphatic heterocycles. The van der Waals surface area contributed by atoms with Gasteiger partial charge in [0.1, 0.15) is 0 Å². The molecule has 1 N–H and O–H groups in total. The van der Waals surface area contributed by atoms with E-state index in [-0.39, 0.29) is 24.0 Å². The number of nitrogens with one attached hydrogen (secondary N) is 1. The van der Waals surface area contributed by atoms with Gasteiger partial charge in [0, 0.05) is 44.1 Å². The highest BCUT2D eigenvalue weighted by molar-refractivity contribution is 14.0. The molecule has 5 heteroatoms. The van der Waals surface area contributed by atoms with Gasteiger partial charge in [-0.2, -0.15) is 0 Å². The van der Waals surface area contributed by atoms with Crippen molar-refractivity contribution in [1.29, 1.82) is 0 Å². The molecule has 0 aliphatic carbocycles. The van der Waals surface area contributed by atoms with Gasteiger partial charge in [0.2, 0.25) is 0 Å². The fourth-order valence-corrected chi connectivity index (χ4v) is 3.91. The minimum absolute atomic E-state index is 0. The average Bonchev–Trinajstić information content (AvgIpc) is 3.26. The van der Waals surface area contributed by atoms with Crippen LogP contribution in [0.4, 0.5) is 0 Å². The standard InChI is InChI=1S/C20H31N3O.HI/c1-3-17(18-8-6-5-7-9-18)14-22-19(21-4-2)23-12-10-20(15-23)11-13-24-16-20;/h5-9,17H,3-4,10-16H2,1-2H3,(H,21,22);1H. The summed E-state index contributed by atoms with van der Waals surface area (Å²) >= 11 is 0. The highest BCUT2D eigenvalue weighted by atomic mass is 127. The van der Waals surface area contributed by atoms with E-state index in [9.17, 15) is 0 Å². The Kier molecular flexibility index (Phi) is 8.00. The molecule has 2 aliphatic rings. The number of benzene rings is 1. The van der Waals surface area contributed by atoms with Crippen LogP contribution in [0, 0.1) is 5.41 Å². The van der Waals surface area contributed by atoms with Crippen LogP contribution in [0.1, 0.15) is 44.6 Å². The summed E-state index contributed by atoms with van der Waals surface area (Å²) in [6.07, 6.45) is 3.54. The number of likely N-dealkylation sites (tertiary alicyclic amines) is 1. The Morgan fingerprint density at radius 2 is 2.08 bits per heavy atom. The Labute approximate surface area is 169 Å². The average molecular weight is 457 g/mol. The summed E-state index contributed by atoms with van der Waals surface area (Å²) < 4.78 is 5.66. The second-order valence-electron chi connectivity index (χ2n) is 7.18. The van der Waals surface area contributed by atoms with Gasteiger partial charge >= 0.3 is 0 Å². The van der Waals surface area contributed by atoms with Gasteiger partial charge in [-0.3, -0.25) is 4.99 Å². The van der Waals surface area contributed by atoms with Gasteiger partial charge in [-0.15, -0.1) is 24.0 Å².